The van der Waals surface area contributed by atoms with E-state index in [9.17, 15) is 19.2 Å². The van der Waals surface area contributed by atoms with E-state index in [-0.39, 0.29) is 70.5 Å². The Balaban J connectivity index is 1.30. The Hall–Kier alpha value is -1.54. The molecule has 0 radical (unpaired) electrons. The molecule has 1 aromatic carbocycles. The van der Waals surface area contributed by atoms with Gasteiger partial charge in [-0.3, -0.25) is 24.1 Å². The summed E-state index contributed by atoms with van der Waals surface area (Å²) in [5.41, 5.74) is 1.51. The van der Waals surface area contributed by atoms with Crippen LogP contribution in [0.2, 0.25) is 0 Å². The van der Waals surface area contributed by atoms with Crippen LogP contribution in [0.4, 0.5) is 0 Å². The molecule has 3 aliphatic rings. The van der Waals surface area contributed by atoms with Gasteiger partial charge in [0.05, 0.1) is 18.3 Å². The number of halogens is 2. The van der Waals surface area contributed by atoms with E-state index in [0.717, 1.165) is 12.0 Å². The van der Waals surface area contributed by atoms with Crippen molar-refractivity contribution in [3.8, 4) is 0 Å². The third kappa shape index (κ3) is 3.58. The molecule has 2 saturated carbocycles. The minimum atomic E-state index is -0.595. The molecule has 6 atom stereocenters. The zero-order valence-corrected chi connectivity index (χ0v) is 19.0. The first kappa shape index (κ1) is 20.7. The van der Waals surface area contributed by atoms with Crippen molar-refractivity contribution in [2.24, 2.45) is 23.7 Å². The number of fused-ring (bicyclic) bond motifs is 5. The highest BCUT2D eigenvalue weighted by atomic mass is 79.9. The van der Waals surface area contributed by atoms with Crippen LogP contribution in [0.5, 0.6) is 0 Å². The quantitative estimate of drug-likeness (QED) is 0.246. The van der Waals surface area contributed by atoms with Crippen LogP contribution in [0.3, 0.4) is 0 Å². The topological polar surface area (TPSA) is 80.8 Å². The van der Waals surface area contributed by atoms with Crippen molar-refractivity contribution in [2.75, 3.05) is 13.2 Å². The number of ether oxygens (including phenoxy) is 1. The number of hydrogen-bond donors (Lipinski definition) is 0. The van der Waals surface area contributed by atoms with E-state index in [1.807, 2.05) is 19.1 Å². The average Bonchev–Trinajstić information content (AvgIpc) is 3.30. The van der Waals surface area contributed by atoms with Crippen LogP contribution in [-0.4, -0.2) is 51.3 Å². The molecule has 1 heterocycles. The van der Waals surface area contributed by atoms with E-state index >= 15 is 0 Å². The fourth-order valence-electron chi connectivity index (χ4n) is 4.88. The van der Waals surface area contributed by atoms with Crippen molar-refractivity contribution in [1.82, 2.24) is 4.90 Å². The molecule has 3 fully saturated rings. The summed E-state index contributed by atoms with van der Waals surface area (Å²) in [7, 11) is 0. The van der Waals surface area contributed by atoms with Crippen molar-refractivity contribution < 1.29 is 23.9 Å². The van der Waals surface area contributed by atoms with Crippen LogP contribution in [-0.2, 0) is 19.1 Å². The van der Waals surface area contributed by atoms with Gasteiger partial charge in [0.25, 0.3) is 0 Å². The summed E-state index contributed by atoms with van der Waals surface area (Å²) < 4.78 is 5.05. The van der Waals surface area contributed by atoms with Gasteiger partial charge in [0.2, 0.25) is 11.8 Å². The number of hydrogen-bond acceptors (Lipinski definition) is 5. The standard InChI is InChI=1S/C21H21Br2NO5/c1-10-2-4-11(5-3-10)14(25)9-29-15(26)6-7-24-20(27)16-12-8-13(17(16)21(24)28)19(23)18(12)22/h2-5,12-13,16-19H,6-9H2,1H3/t12-,13+,16-,17-,18-,19+/m0/s1. The number of likely N-dealkylation sites (tertiary alicyclic amines) is 1. The minimum Gasteiger partial charge on any atom is -0.457 e. The van der Waals surface area contributed by atoms with E-state index in [1.54, 1.807) is 12.1 Å². The molecular weight excluding hydrogens is 506 g/mol. The Bertz CT molecular complexity index is 838. The number of alkyl halides is 2. The van der Waals surface area contributed by atoms with Gasteiger partial charge in [0, 0.05) is 21.8 Å². The molecule has 1 aliphatic heterocycles. The first-order chi connectivity index (χ1) is 13.8. The van der Waals surface area contributed by atoms with Gasteiger partial charge >= 0.3 is 5.97 Å². The van der Waals surface area contributed by atoms with Crippen molar-refractivity contribution in [3.63, 3.8) is 0 Å². The summed E-state index contributed by atoms with van der Waals surface area (Å²) in [4.78, 5) is 51.3. The van der Waals surface area contributed by atoms with E-state index in [0.29, 0.717) is 5.56 Å². The van der Waals surface area contributed by atoms with Crippen molar-refractivity contribution in [2.45, 2.75) is 29.4 Å². The molecular formula is C21H21Br2NO5. The van der Waals surface area contributed by atoms with E-state index in [4.69, 9.17) is 4.74 Å². The maximum atomic E-state index is 12.8. The number of nitrogens with zero attached hydrogens (tertiary/aromatic N) is 1. The monoisotopic (exact) mass is 525 g/mol. The van der Waals surface area contributed by atoms with Gasteiger partial charge in [0.1, 0.15) is 0 Å². The fraction of sp³-hybridized carbons (Fsp3) is 0.524. The minimum absolute atomic E-state index is 0.00155. The van der Waals surface area contributed by atoms with Gasteiger partial charge in [-0.2, -0.15) is 0 Å². The Labute approximate surface area is 185 Å². The zero-order valence-electron chi connectivity index (χ0n) is 15.8. The number of aryl methyl sites for hydroxylation is 1. The van der Waals surface area contributed by atoms with E-state index in [1.165, 1.54) is 4.90 Å². The van der Waals surface area contributed by atoms with E-state index in [2.05, 4.69) is 31.9 Å². The number of Topliss-reactive ketones (excluding diaryl/α,β-unsaturated/α-hetero) is 1. The summed E-state index contributed by atoms with van der Waals surface area (Å²) in [6, 6.07) is 7.01. The predicted octanol–water partition coefficient (Wildman–Crippen LogP) is 2.89. The average molecular weight is 527 g/mol. The maximum Gasteiger partial charge on any atom is 0.308 e. The molecule has 0 aromatic heterocycles. The molecule has 29 heavy (non-hydrogen) atoms. The summed E-state index contributed by atoms with van der Waals surface area (Å²) in [5.74, 6) is -1.52. The van der Waals surface area contributed by atoms with Gasteiger partial charge in [0.15, 0.2) is 12.4 Å². The third-order valence-corrected chi connectivity index (χ3v) is 9.56. The molecule has 1 saturated heterocycles. The lowest BCUT2D eigenvalue weighted by Gasteiger charge is -2.28. The number of esters is 1. The summed E-state index contributed by atoms with van der Waals surface area (Å²) in [6.45, 7) is 1.57. The number of rotatable bonds is 6. The van der Waals surface area contributed by atoms with Gasteiger partial charge < -0.3 is 4.74 Å². The second kappa shape index (κ2) is 7.95. The maximum absolute atomic E-state index is 12.8. The second-order valence-electron chi connectivity index (χ2n) is 8.03. The number of carbonyl (C=O) groups is 4. The van der Waals surface area contributed by atoms with Crippen LogP contribution in [0.15, 0.2) is 24.3 Å². The number of ketones is 1. The lowest BCUT2D eigenvalue weighted by molar-refractivity contribution is -0.145. The molecule has 154 valence electrons. The third-order valence-electron chi connectivity index (χ3n) is 6.36. The molecule has 0 spiro atoms. The molecule has 8 heteroatoms. The highest BCUT2D eigenvalue weighted by Gasteiger charge is 2.66. The molecule has 1 aromatic rings. The van der Waals surface area contributed by atoms with Crippen LogP contribution >= 0.6 is 31.9 Å². The van der Waals surface area contributed by atoms with Crippen molar-refractivity contribution in [1.29, 1.82) is 0 Å². The Kier molecular flexibility index (Phi) is 5.68. The van der Waals surface area contributed by atoms with Gasteiger partial charge in [-0.15, -0.1) is 0 Å². The first-order valence-electron chi connectivity index (χ1n) is 9.68. The number of imide groups is 1. The molecule has 0 N–H and O–H groups in total. The van der Waals surface area contributed by atoms with Gasteiger partial charge in [-0.25, -0.2) is 0 Å². The Morgan fingerprint density at radius 2 is 1.59 bits per heavy atom. The van der Waals surface area contributed by atoms with Crippen LogP contribution in [0.25, 0.3) is 0 Å². The molecule has 2 amide bonds. The summed E-state index contributed by atoms with van der Waals surface area (Å²) in [6.07, 6.45) is 0.762. The number of amides is 2. The highest BCUT2D eigenvalue weighted by Crippen LogP contribution is 2.60. The Morgan fingerprint density at radius 1 is 1.03 bits per heavy atom. The smallest absolute Gasteiger partial charge is 0.308 e. The normalized spacial score (nSPS) is 32.6. The lowest BCUT2D eigenvalue weighted by atomic mass is 9.81. The van der Waals surface area contributed by atoms with Crippen LogP contribution < -0.4 is 0 Å². The van der Waals surface area contributed by atoms with Gasteiger partial charge in [-0.1, -0.05) is 61.7 Å². The molecule has 0 unspecified atom stereocenters. The van der Waals surface area contributed by atoms with E-state index < -0.39 is 5.97 Å². The molecule has 2 aliphatic carbocycles. The lowest BCUT2D eigenvalue weighted by Crippen LogP contribution is -2.37. The molecule has 6 nitrogen and oxygen atoms in total. The zero-order chi connectivity index (χ0) is 20.9. The van der Waals surface area contributed by atoms with Crippen molar-refractivity contribution >= 4 is 55.4 Å². The SMILES string of the molecule is Cc1ccc(C(=O)COC(=O)CCN2C(=O)[C@H]3[C@@H]4C[C@@H]([C@@H](Br)[C@H]4Br)[C@@H]3C2=O)cc1. The number of carbonyl (C=O) groups excluding carboxylic acids is 4. The Morgan fingerprint density at radius 3 is 2.14 bits per heavy atom. The molecule has 2 bridgehead atoms. The van der Waals surface area contributed by atoms with Crippen LogP contribution in [0, 0.1) is 30.6 Å². The summed E-state index contributed by atoms with van der Waals surface area (Å²) in [5, 5.41) is 0. The van der Waals surface area contributed by atoms with Crippen LogP contribution in [0.1, 0.15) is 28.8 Å². The van der Waals surface area contributed by atoms with Gasteiger partial charge in [-0.05, 0) is 25.2 Å². The summed E-state index contributed by atoms with van der Waals surface area (Å²) >= 11 is 7.30. The highest BCUT2D eigenvalue weighted by molar-refractivity contribution is 9.12. The van der Waals surface area contributed by atoms with Crippen molar-refractivity contribution in [3.05, 3.63) is 35.4 Å². The second-order valence-corrected chi connectivity index (χ2v) is 10.1. The molecule has 4 rings (SSSR count). The first-order valence-corrected chi connectivity index (χ1v) is 11.5. The fourth-order valence-corrected chi connectivity index (χ4v) is 6.75. The predicted molar refractivity (Wildman–Crippen MR) is 112 cm³/mol. The largest absolute Gasteiger partial charge is 0.457 e. The number of benzene rings is 1.